The quantitative estimate of drug-likeness (QED) is 0.766. The van der Waals surface area contributed by atoms with Crippen molar-refractivity contribution in [3.8, 4) is 5.82 Å². The zero-order chi connectivity index (χ0) is 18.4. The minimum absolute atomic E-state index is 0.102. The summed E-state index contributed by atoms with van der Waals surface area (Å²) in [7, 11) is -3.81. The summed E-state index contributed by atoms with van der Waals surface area (Å²) in [6.45, 7) is 8.71. The van der Waals surface area contributed by atoms with Crippen molar-refractivity contribution < 1.29 is 12.8 Å². The Morgan fingerprint density at radius 1 is 1.00 bits per heavy atom. The molecular formula is C16H19N5O3S. The number of aryl methyl sites for hydroxylation is 5. The molecule has 0 bridgehead atoms. The van der Waals surface area contributed by atoms with Crippen LogP contribution in [0, 0.1) is 34.6 Å². The lowest BCUT2D eigenvalue weighted by Crippen LogP contribution is -2.17. The first-order valence-corrected chi connectivity index (χ1v) is 9.13. The van der Waals surface area contributed by atoms with Crippen LogP contribution in [-0.2, 0) is 10.0 Å². The van der Waals surface area contributed by atoms with Gasteiger partial charge in [0.25, 0.3) is 10.0 Å². The summed E-state index contributed by atoms with van der Waals surface area (Å²) in [6.07, 6.45) is 0. The van der Waals surface area contributed by atoms with Gasteiger partial charge in [-0.2, -0.15) is 9.78 Å². The van der Waals surface area contributed by atoms with Gasteiger partial charge in [0.1, 0.15) is 28.1 Å². The van der Waals surface area contributed by atoms with Gasteiger partial charge >= 0.3 is 0 Å². The summed E-state index contributed by atoms with van der Waals surface area (Å²) in [4.78, 5) is 8.67. The number of hydrogen-bond donors (Lipinski definition) is 1. The van der Waals surface area contributed by atoms with Crippen LogP contribution < -0.4 is 4.72 Å². The number of nitrogens with one attached hydrogen (secondary N) is 1. The van der Waals surface area contributed by atoms with Gasteiger partial charge in [0, 0.05) is 23.9 Å². The van der Waals surface area contributed by atoms with Crippen molar-refractivity contribution in [3.63, 3.8) is 0 Å². The number of aromatic nitrogens is 4. The average Bonchev–Trinajstić information content (AvgIpc) is 3.00. The SMILES string of the molecule is Cc1cc(-n2nc(C)cc2NS(=O)(=O)c2cc(C)oc2C)nc(C)n1. The molecule has 0 saturated carbocycles. The number of nitrogens with zero attached hydrogens (tertiary/aromatic N) is 4. The van der Waals surface area contributed by atoms with Crippen LogP contribution in [0.25, 0.3) is 5.82 Å². The Morgan fingerprint density at radius 2 is 1.72 bits per heavy atom. The van der Waals surface area contributed by atoms with Gasteiger partial charge < -0.3 is 4.42 Å². The van der Waals surface area contributed by atoms with Gasteiger partial charge in [0.05, 0.1) is 5.69 Å². The Balaban J connectivity index is 2.06. The lowest BCUT2D eigenvalue weighted by molar-refractivity contribution is 0.496. The molecule has 0 radical (unpaired) electrons. The van der Waals surface area contributed by atoms with Gasteiger partial charge in [0.2, 0.25) is 0 Å². The molecule has 25 heavy (non-hydrogen) atoms. The third-order valence-electron chi connectivity index (χ3n) is 3.52. The van der Waals surface area contributed by atoms with Crippen LogP contribution in [0.1, 0.15) is 28.7 Å². The van der Waals surface area contributed by atoms with Gasteiger partial charge in [-0.15, -0.1) is 0 Å². The third-order valence-corrected chi connectivity index (χ3v) is 4.99. The number of rotatable bonds is 4. The molecule has 8 nitrogen and oxygen atoms in total. The van der Waals surface area contributed by atoms with Crippen LogP contribution in [0.4, 0.5) is 5.82 Å². The largest absolute Gasteiger partial charge is 0.465 e. The Hall–Kier alpha value is -2.68. The molecule has 0 amide bonds. The summed E-state index contributed by atoms with van der Waals surface area (Å²) < 4.78 is 34.8. The van der Waals surface area contributed by atoms with Gasteiger partial charge in [-0.25, -0.2) is 18.4 Å². The minimum atomic E-state index is -3.81. The molecule has 0 spiro atoms. The highest BCUT2D eigenvalue weighted by atomic mass is 32.2. The van der Waals surface area contributed by atoms with Crippen LogP contribution in [0.15, 0.2) is 27.5 Å². The van der Waals surface area contributed by atoms with E-state index in [4.69, 9.17) is 4.42 Å². The maximum atomic E-state index is 12.7. The molecule has 0 aliphatic heterocycles. The van der Waals surface area contributed by atoms with Crippen molar-refractivity contribution in [1.82, 2.24) is 19.7 Å². The topological polar surface area (TPSA) is 103 Å². The molecule has 9 heteroatoms. The zero-order valence-corrected chi connectivity index (χ0v) is 15.5. The molecule has 0 saturated heterocycles. The molecule has 0 aromatic carbocycles. The second kappa shape index (κ2) is 5.99. The normalized spacial score (nSPS) is 11.7. The van der Waals surface area contributed by atoms with Crippen LogP contribution >= 0.6 is 0 Å². The first-order chi connectivity index (χ1) is 11.7. The molecule has 0 unspecified atom stereocenters. The number of hydrogen-bond acceptors (Lipinski definition) is 6. The fourth-order valence-electron chi connectivity index (χ4n) is 2.62. The molecule has 1 N–H and O–H groups in total. The van der Waals surface area contributed by atoms with E-state index in [9.17, 15) is 8.42 Å². The summed E-state index contributed by atoms with van der Waals surface area (Å²) >= 11 is 0. The first kappa shape index (κ1) is 17.2. The van der Waals surface area contributed by atoms with Gasteiger partial charge in [-0.05, 0) is 34.6 Å². The van der Waals surface area contributed by atoms with Gasteiger partial charge in [0.15, 0.2) is 5.82 Å². The van der Waals surface area contributed by atoms with E-state index in [1.807, 2.05) is 6.92 Å². The zero-order valence-electron chi connectivity index (χ0n) is 14.7. The molecule has 132 valence electrons. The Kier molecular flexibility index (Phi) is 4.11. The predicted molar refractivity (Wildman–Crippen MR) is 92.4 cm³/mol. The lowest BCUT2D eigenvalue weighted by atomic mass is 10.4. The highest BCUT2D eigenvalue weighted by Gasteiger charge is 2.23. The smallest absolute Gasteiger partial charge is 0.266 e. The molecule has 3 aromatic rings. The molecular weight excluding hydrogens is 342 g/mol. The number of anilines is 1. The van der Waals surface area contributed by atoms with Crippen molar-refractivity contribution in [1.29, 1.82) is 0 Å². The summed E-state index contributed by atoms with van der Waals surface area (Å²) in [5, 5.41) is 4.34. The minimum Gasteiger partial charge on any atom is -0.465 e. The fourth-order valence-corrected chi connectivity index (χ4v) is 3.89. The van der Waals surface area contributed by atoms with E-state index in [1.165, 1.54) is 10.7 Å². The van der Waals surface area contributed by atoms with E-state index in [0.717, 1.165) is 5.69 Å². The third kappa shape index (κ3) is 3.41. The van der Waals surface area contributed by atoms with Gasteiger partial charge in [-0.3, -0.25) is 4.72 Å². The molecule has 0 atom stereocenters. The highest BCUT2D eigenvalue weighted by Crippen LogP contribution is 2.24. The molecule has 0 aliphatic rings. The van der Waals surface area contributed by atoms with Crippen LogP contribution in [-0.4, -0.2) is 28.2 Å². The van der Waals surface area contributed by atoms with E-state index in [0.29, 0.717) is 34.7 Å². The first-order valence-electron chi connectivity index (χ1n) is 7.65. The standard InChI is InChI=1S/C16H19N5O3S/c1-9-6-15(18-13(5)17-9)21-16(7-10(2)19-21)20-25(22,23)14-8-11(3)24-12(14)4/h6-8,20H,1-5H3. The monoisotopic (exact) mass is 361 g/mol. The van der Waals surface area contributed by atoms with Crippen molar-refractivity contribution in [2.75, 3.05) is 4.72 Å². The van der Waals surface area contributed by atoms with E-state index in [-0.39, 0.29) is 4.90 Å². The van der Waals surface area contributed by atoms with Crippen molar-refractivity contribution in [2.45, 2.75) is 39.5 Å². The summed E-state index contributed by atoms with van der Waals surface area (Å²) in [5.41, 5.74) is 1.43. The van der Waals surface area contributed by atoms with Crippen LogP contribution in [0.3, 0.4) is 0 Å². The second-order valence-electron chi connectivity index (χ2n) is 5.88. The lowest BCUT2D eigenvalue weighted by Gasteiger charge is -2.10. The molecule has 3 rings (SSSR count). The second-order valence-corrected chi connectivity index (χ2v) is 7.53. The Morgan fingerprint density at radius 3 is 2.32 bits per heavy atom. The van der Waals surface area contributed by atoms with E-state index in [1.54, 1.807) is 39.8 Å². The maximum Gasteiger partial charge on any atom is 0.266 e. The molecule has 0 aliphatic carbocycles. The van der Waals surface area contributed by atoms with Crippen molar-refractivity contribution >= 4 is 15.8 Å². The van der Waals surface area contributed by atoms with Crippen LogP contribution in [0.2, 0.25) is 0 Å². The van der Waals surface area contributed by atoms with Crippen LogP contribution in [0.5, 0.6) is 0 Å². The van der Waals surface area contributed by atoms with E-state index < -0.39 is 10.0 Å². The van der Waals surface area contributed by atoms with Crippen molar-refractivity contribution in [3.05, 3.63) is 46.9 Å². The van der Waals surface area contributed by atoms with E-state index in [2.05, 4.69) is 19.8 Å². The molecule has 3 aromatic heterocycles. The van der Waals surface area contributed by atoms with Crippen molar-refractivity contribution in [2.24, 2.45) is 0 Å². The van der Waals surface area contributed by atoms with E-state index >= 15 is 0 Å². The maximum absolute atomic E-state index is 12.7. The highest BCUT2D eigenvalue weighted by molar-refractivity contribution is 7.92. The number of furan rings is 1. The Bertz CT molecular complexity index is 1030. The average molecular weight is 361 g/mol. The molecule has 3 heterocycles. The van der Waals surface area contributed by atoms with Gasteiger partial charge in [-0.1, -0.05) is 0 Å². The summed E-state index contributed by atoms with van der Waals surface area (Å²) in [6, 6.07) is 4.88. The molecule has 0 fully saturated rings. The fraction of sp³-hybridized carbons (Fsp3) is 0.312. The predicted octanol–water partition coefficient (Wildman–Crippen LogP) is 2.60. The summed E-state index contributed by atoms with van der Waals surface area (Å²) in [5.74, 6) is 2.24. The number of sulfonamides is 1. The Labute approximate surface area is 146 Å².